The zero-order valence-corrected chi connectivity index (χ0v) is 18.5. The number of halogens is 3. The quantitative estimate of drug-likeness (QED) is 0.545. The van der Waals surface area contributed by atoms with Crippen LogP contribution in [0.4, 0.5) is 4.39 Å². The van der Waals surface area contributed by atoms with E-state index in [0.29, 0.717) is 16.3 Å². The van der Waals surface area contributed by atoms with Gasteiger partial charge < -0.3 is 9.47 Å². The van der Waals surface area contributed by atoms with E-state index in [2.05, 4.69) is 4.98 Å². The van der Waals surface area contributed by atoms with Crippen molar-refractivity contribution in [3.63, 3.8) is 0 Å². The van der Waals surface area contributed by atoms with Crippen molar-refractivity contribution in [2.24, 2.45) is 0 Å². The van der Waals surface area contributed by atoms with Gasteiger partial charge in [0.25, 0.3) is 5.91 Å². The van der Waals surface area contributed by atoms with Gasteiger partial charge in [-0.15, -0.1) is 0 Å². The highest BCUT2D eigenvalue weighted by atomic mass is 35.5. The van der Waals surface area contributed by atoms with Gasteiger partial charge in [0.2, 0.25) is 15.9 Å². The van der Waals surface area contributed by atoms with Crippen LogP contribution in [0.1, 0.15) is 10.4 Å². The van der Waals surface area contributed by atoms with Crippen molar-refractivity contribution in [3.05, 3.63) is 70.1 Å². The Labute approximate surface area is 187 Å². The third-order valence-electron chi connectivity index (χ3n) is 3.94. The van der Waals surface area contributed by atoms with E-state index in [1.165, 1.54) is 19.4 Å². The standard InChI is InChI=1S/C20H15Cl2FN2O5S/c1-29-18-9-15(19(26)25-31(2,27)28)17(23)8-14(18)11-6-16(22)20(24-10-11)30-13-5-3-4-12(21)7-13/h3-10H,1-2H3,(H,25,26). The molecule has 0 radical (unpaired) electrons. The molecule has 1 heterocycles. The fourth-order valence-corrected chi connectivity index (χ4v) is 3.47. The van der Waals surface area contributed by atoms with Crippen LogP contribution < -0.4 is 14.2 Å². The SMILES string of the molecule is COc1cc(C(=O)NS(C)(=O)=O)c(F)cc1-c1cnc(Oc2cccc(Cl)c2)c(Cl)c1. The number of benzene rings is 2. The number of rotatable bonds is 6. The summed E-state index contributed by atoms with van der Waals surface area (Å²) in [5, 5.41) is 0.615. The maximum atomic E-state index is 14.6. The fraction of sp³-hybridized carbons (Fsp3) is 0.100. The summed E-state index contributed by atoms with van der Waals surface area (Å²) in [4.78, 5) is 16.2. The summed E-state index contributed by atoms with van der Waals surface area (Å²) in [6, 6.07) is 10.3. The lowest BCUT2D eigenvalue weighted by Crippen LogP contribution is -2.30. The number of amides is 1. The number of pyridine rings is 1. The minimum absolute atomic E-state index is 0.108. The highest BCUT2D eigenvalue weighted by Gasteiger charge is 2.20. The van der Waals surface area contributed by atoms with Crippen LogP contribution in [-0.2, 0) is 10.0 Å². The van der Waals surface area contributed by atoms with Crippen molar-refractivity contribution in [2.75, 3.05) is 13.4 Å². The van der Waals surface area contributed by atoms with Crippen LogP contribution in [0.5, 0.6) is 17.4 Å². The molecular weight excluding hydrogens is 470 g/mol. The Morgan fingerprint density at radius 1 is 1.16 bits per heavy atom. The third-order valence-corrected chi connectivity index (χ3v) is 5.00. The van der Waals surface area contributed by atoms with Crippen molar-refractivity contribution in [1.82, 2.24) is 9.71 Å². The number of hydrogen-bond acceptors (Lipinski definition) is 6. The predicted octanol–water partition coefficient (Wildman–Crippen LogP) is 4.68. The number of hydrogen-bond donors (Lipinski definition) is 1. The molecule has 0 spiro atoms. The molecule has 0 unspecified atom stereocenters. The average molecular weight is 485 g/mol. The second-order valence-electron chi connectivity index (χ2n) is 6.31. The number of aromatic nitrogens is 1. The largest absolute Gasteiger partial charge is 0.496 e. The molecule has 3 rings (SSSR count). The smallest absolute Gasteiger partial charge is 0.267 e. The summed E-state index contributed by atoms with van der Waals surface area (Å²) >= 11 is 12.2. The summed E-state index contributed by atoms with van der Waals surface area (Å²) in [7, 11) is -2.55. The molecule has 0 bridgehead atoms. The first-order chi connectivity index (χ1) is 14.6. The maximum Gasteiger partial charge on any atom is 0.267 e. The summed E-state index contributed by atoms with van der Waals surface area (Å²) in [6.07, 6.45) is 2.17. The Balaban J connectivity index is 1.96. The number of carbonyl (C=O) groups is 1. The number of nitrogens with one attached hydrogen (secondary N) is 1. The van der Waals surface area contributed by atoms with Gasteiger partial charge in [-0.3, -0.25) is 4.79 Å². The molecule has 0 saturated carbocycles. The minimum atomic E-state index is -3.87. The molecule has 11 heteroatoms. The summed E-state index contributed by atoms with van der Waals surface area (Å²) in [6.45, 7) is 0. The first-order valence-corrected chi connectivity index (χ1v) is 11.2. The van der Waals surface area contributed by atoms with Crippen LogP contribution in [0, 0.1) is 5.82 Å². The van der Waals surface area contributed by atoms with Crippen LogP contribution in [0.3, 0.4) is 0 Å². The van der Waals surface area contributed by atoms with Gasteiger partial charge in [0.15, 0.2) is 0 Å². The summed E-state index contributed by atoms with van der Waals surface area (Å²) in [5.41, 5.74) is 0.139. The molecule has 0 saturated heterocycles. The molecule has 162 valence electrons. The van der Waals surface area contributed by atoms with Gasteiger partial charge in [-0.1, -0.05) is 29.3 Å². The van der Waals surface area contributed by atoms with E-state index in [-0.39, 0.29) is 22.2 Å². The molecule has 0 aliphatic heterocycles. The highest BCUT2D eigenvalue weighted by Crippen LogP contribution is 2.36. The normalized spacial score (nSPS) is 11.1. The molecular formula is C20H15Cl2FN2O5S. The highest BCUT2D eigenvalue weighted by molar-refractivity contribution is 7.89. The van der Waals surface area contributed by atoms with Crippen molar-refractivity contribution < 1.29 is 27.1 Å². The van der Waals surface area contributed by atoms with Gasteiger partial charge in [-0.25, -0.2) is 22.5 Å². The molecule has 0 aliphatic carbocycles. The van der Waals surface area contributed by atoms with E-state index in [1.54, 1.807) is 29.0 Å². The van der Waals surface area contributed by atoms with Gasteiger partial charge in [-0.05, 0) is 36.4 Å². The van der Waals surface area contributed by atoms with Crippen LogP contribution in [0.15, 0.2) is 48.7 Å². The van der Waals surface area contributed by atoms with E-state index in [0.717, 1.165) is 18.4 Å². The maximum absolute atomic E-state index is 14.6. The Morgan fingerprint density at radius 3 is 2.52 bits per heavy atom. The number of methoxy groups -OCH3 is 1. The van der Waals surface area contributed by atoms with Gasteiger partial charge in [0.1, 0.15) is 22.3 Å². The van der Waals surface area contributed by atoms with Crippen LogP contribution in [0.2, 0.25) is 10.0 Å². The van der Waals surface area contributed by atoms with Crippen molar-refractivity contribution in [3.8, 4) is 28.5 Å². The number of ether oxygens (including phenoxy) is 2. The second kappa shape index (κ2) is 9.09. The molecule has 3 aromatic rings. The minimum Gasteiger partial charge on any atom is -0.496 e. The monoisotopic (exact) mass is 484 g/mol. The molecule has 2 aromatic carbocycles. The molecule has 7 nitrogen and oxygen atoms in total. The van der Waals surface area contributed by atoms with Gasteiger partial charge in [0.05, 0.1) is 18.9 Å². The number of sulfonamides is 1. The molecule has 0 atom stereocenters. The molecule has 1 aromatic heterocycles. The van der Waals surface area contributed by atoms with E-state index < -0.39 is 27.3 Å². The van der Waals surface area contributed by atoms with E-state index in [1.807, 2.05) is 0 Å². The summed E-state index contributed by atoms with van der Waals surface area (Å²) in [5.74, 6) is -1.42. The van der Waals surface area contributed by atoms with Crippen molar-refractivity contribution in [2.45, 2.75) is 0 Å². The fourth-order valence-electron chi connectivity index (χ4n) is 2.64. The topological polar surface area (TPSA) is 94.6 Å². The zero-order chi connectivity index (χ0) is 22.8. The predicted molar refractivity (Wildman–Crippen MR) is 115 cm³/mol. The lowest BCUT2D eigenvalue weighted by molar-refractivity contribution is 0.0977. The first-order valence-electron chi connectivity index (χ1n) is 8.56. The molecule has 1 N–H and O–H groups in total. The van der Waals surface area contributed by atoms with Gasteiger partial charge in [0, 0.05) is 22.3 Å². The Kier molecular flexibility index (Phi) is 6.68. The Bertz CT molecular complexity index is 1270. The molecule has 31 heavy (non-hydrogen) atoms. The van der Waals surface area contributed by atoms with Crippen molar-refractivity contribution in [1.29, 1.82) is 0 Å². The summed E-state index contributed by atoms with van der Waals surface area (Å²) < 4.78 is 49.7. The second-order valence-corrected chi connectivity index (χ2v) is 8.90. The van der Waals surface area contributed by atoms with E-state index >= 15 is 0 Å². The van der Waals surface area contributed by atoms with Gasteiger partial charge in [-0.2, -0.15) is 0 Å². The molecule has 1 amide bonds. The average Bonchev–Trinajstić information content (AvgIpc) is 2.68. The van der Waals surface area contributed by atoms with Crippen LogP contribution in [0.25, 0.3) is 11.1 Å². The molecule has 0 fully saturated rings. The lowest BCUT2D eigenvalue weighted by Gasteiger charge is -2.13. The molecule has 0 aliphatic rings. The zero-order valence-electron chi connectivity index (χ0n) is 16.1. The Hall–Kier alpha value is -2.88. The first kappa shape index (κ1) is 22.8. The van der Waals surface area contributed by atoms with E-state index in [4.69, 9.17) is 32.7 Å². The number of carbonyl (C=O) groups excluding carboxylic acids is 1. The third kappa shape index (κ3) is 5.63. The van der Waals surface area contributed by atoms with E-state index in [9.17, 15) is 17.6 Å². The van der Waals surface area contributed by atoms with Crippen LogP contribution in [-0.4, -0.2) is 32.7 Å². The lowest BCUT2D eigenvalue weighted by atomic mass is 10.0. The van der Waals surface area contributed by atoms with Crippen LogP contribution >= 0.6 is 23.2 Å². The van der Waals surface area contributed by atoms with Crippen molar-refractivity contribution >= 4 is 39.1 Å². The number of nitrogens with zero attached hydrogens (tertiary/aromatic N) is 1. The van der Waals surface area contributed by atoms with Gasteiger partial charge >= 0.3 is 0 Å². The Morgan fingerprint density at radius 2 is 1.90 bits per heavy atom.